The summed E-state index contributed by atoms with van der Waals surface area (Å²) in [6.07, 6.45) is -0.342. The van der Waals surface area contributed by atoms with Gasteiger partial charge in [0.1, 0.15) is 6.10 Å². The number of fused-ring (bicyclic) bond motifs is 1. The van der Waals surface area contributed by atoms with Crippen molar-refractivity contribution in [2.75, 3.05) is 6.61 Å². The van der Waals surface area contributed by atoms with E-state index in [9.17, 15) is 26.8 Å². The molecule has 10 heteroatoms. The molecule has 0 aromatic rings. The van der Waals surface area contributed by atoms with Gasteiger partial charge in [-0.25, -0.2) is 0 Å². The van der Waals surface area contributed by atoms with Crippen LogP contribution in [0, 0.1) is 23.7 Å². The second kappa shape index (κ2) is 5.37. The highest BCUT2D eigenvalue weighted by atomic mass is 32.2. The van der Waals surface area contributed by atoms with E-state index < -0.39 is 58.6 Å². The van der Waals surface area contributed by atoms with Gasteiger partial charge in [0.05, 0.1) is 18.4 Å². The fourth-order valence-electron chi connectivity index (χ4n) is 4.00. The third kappa shape index (κ3) is 2.71. The molecule has 1 aliphatic heterocycles. The summed E-state index contributed by atoms with van der Waals surface area (Å²) in [4.78, 5) is 23.9. The Hall–Kier alpha value is -1.29. The lowest BCUT2D eigenvalue weighted by molar-refractivity contribution is -0.156. The average molecular weight is 354 g/mol. The maximum absolute atomic E-state index is 13.0. The van der Waals surface area contributed by atoms with Crippen molar-refractivity contribution in [3.8, 4) is 0 Å². The van der Waals surface area contributed by atoms with Gasteiger partial charge in [-0.3, -0.25) is 14.1 Å². The van der Waals surface area contributed by atoms with Gasteiger partial charge in [-0.2, -0.15) is 17.2 Å². The number of carbonyl (C=O) groups excluding carboxylic acids is 2. The number of rotatable bonds is 6. The van der Waals surface area contributed by atoms with Crippen molar-refractivity contribution in [1.29, 1.82) is 0 Å². The van der Waals surface area contributed by atoms with Gasteiger partial charge in [0, 0.05) is 12.3 Å². The first-order chi connectivity index (χ1) is 10.6. The highest BCUT2D eigenvalue weighted by Gasteiger charge is 2.64. The topological polar surface area (TPSA) is 107 Å². The maximum atomic E-state index is 13.0. The molecule has 7 nitrogen and oxygen atoms in total. The Bertz CT molecular complexity index is 630. The fourth-order valence-corrected chi connectivity index (χ4v) is 4.40. The van der Waals surface area contributed by atoms with E-state index in [0.29, 0.717) is 6.42 Å². The fraction of sp³-hybridized carbons (Fsp3) is 0.846. The van der Waals surface area contributed by atoms with Crippen molar-refractivity contribution >= 4 is 22.1 Å². The molecule has 2 aliphatic carbocycles. The normalized spacial score (nSPS) is 35.4. The van der Waals surface area contributed by atoms with Crippen molar-refractivity contribution in [2.45, 2.75) is 37.0 Å². The molecule has 130 valence electrons. The number of esters is 2. The van der Waals surface area contributed by atoms with E-state index in [-0.39, 0.29) is 17.9 Å². The van der Waals surface area contributed by atoms with Crippen molar-refractivity contribution in [3.05, 3.63) is 0 Å². The number of carbonyl (C=O) groups is 2. The smallest absolute Gasteiger partial charge is 0.370 e. The molecular weight excluding hydrogens is 338 g/mol. The first-order valence-corrected chi connectivity index (χ1v) is 8.78. The molecule has 0 aromatic heterocycles. The van der Waals surface area contributed by atoms with Crippen molar-refractivity contribution in [2.24, 2.45) is 23.7 Å². The standard InChI is InChI=1S/C13H16F2O7S/c14-13(15,23(18,19)20)2-1-3-21-11(16)9-6-4-7-8(5-6)22-12(17)10(7)9/h6-10H,1-5H2,(H,18,19,20). The highest BCUT2D eigenvalue weighted by molar-refractivity contribution is 7.86. The minimum atomic E-state index is -5.48. The number of hydrogen-bond acceptors (Lipinski definition) is 6. The van der Waals surface area contributed by atoms with E-state index in [1.807, 2.05) is 0 Å². The van der Waals surface area contributed by atoms with Gasteiger partial charge in [0.15, 0.2) is 0 Å². The van der Waals surface area contributed by atoms with E-state index in [0.717, 1.165) is 6.42 Å². The molecule has 3 fully saturated rings. The summed E-state index contributed by atoms with van der Waals surface area (Å²) >= 11 is 0. The summed E-state index contributed by atoms with van der Waals surface area (Å²) in [5.74, 6) is -2.10. The highest BCUT2D eigenvalue weighted by Crippen LogP contribution is 2.57. The van der Waals surface area contributed by atoms with Crippen LogP contribution in [0.4, 0.5) is 8.78 Å². The minimum absolute atomic E-state index is 0.00760. The third-order valence-electron chi connectivity index (χ3n) is 4.99. The van der Waals surface area contributed by atoms with Crippen LogP contribution in [0.5, 0.6) is 0 Å². The molecule has 5 unspecified atom stereocenters. The molecule has 2 bridgehead atoms. The zero-order chi connectivity index (χ0) is 17.0. The van der Waals surface area contributed by atoms with E-state index >= 15 is 0 Å². The second-order valence-corrected chi connectivity index (χ2v) is 7.85. The lowest BCUT2D eigenvalue weighted by atomic mass is 9.80. The Balaban J connectivity index is 1.50. The van der Waals surface area contributed by atoms with Crippen LogP contribution in [0.15, 0.2) is 0 Å². The number of hydrogen-bond donors (Lipinski definition) is 1. The van der Waals surface area contributed by atoms with Gasteiger partial charge in [0.2, 0.25) is 0 Å². The Morgan fingerprint density at radius 2 is 2.09 bits per heavy atom. The Kier molecular flexibility index (Phi) is 3.87. The third-order valence-corrected chi connectivity index (χ3v) is 5.95. The summed E-state index contributed by atoms with van der Waals surface area (Å²) < 4.78 is 65.4. The molecule has 0 radical (unpaired) electrons. The van der Waals surface area contributed by atoms with Crippen molar-refractivity contribution < 1.29 is 40.8 Å². The SMILES string of the molecule is O=C(OCCCC(F)(F)S(=O)(=O)O)C1C2CC3OC(=O)C1C3C2. The van der Waals surface area contributed by atoms with Crippen LogP contribution in [0.1, 0.15) is 25.7 Å². The van der Waals surface area contributed by atoms with Gasteiger partial charge >= 0.3 is 27.3 Å². The van der Waals surface area contributed by atoms with Crippen LogP contribution < -0.4 is 0 Å². The summed E-state index contributed by atoms with van der Waals surface area (Å²) in [7, 11) is -5.48. The monoisotopic (exact) mass is 354 g/mol. The van der Waals surface area contributed by atoms with Gasteiger partial charge in [-0.15, -0.1) is 0 Å². The summed E-state index contributed by atoms with van der Waals surface area (Å²) in [6.45, 7) is -0.400. The van der Waals surface area contributed by atoms with Crippen LogP contribution in [0.25, 0.3) is 0 Å². The molecule has 3 rings (SSSR count). The van der Waals surface area contributed by atoms with Crippen LogP contribution in [0.2, 0.25) is 0 Å². The number of halogens is 2. The first kappa shape index (κ1) is 16.6. The van der Waals surface area contributed by atoms with E-state index in [1.165, 1.54) is 0 Å². The maximum Gasteiger partial charge on any atom is 0.370 e. The lowest BCUT2D eigenvalue weighted by Crippen LogP contribution is -2.34. The molecule has 0 aromatic carbocycles. The van der Waals surface area contributed by atoms with Gasteiger partial charge in [0.25, 0.3) is 0 Å². The quantitative estimate of drug-likeness (QED) is 0.430. The molecule has 1 saturated heterocycles. The largest absolute Gasteiger partial charge is 0.465 e. The van der Waals surface area contributed by atoms with Crippen molar-refractivity contribution in [3.63, 3.8) is 0 Å². The van der Waals surface area contributed by atoms with Gasteiger partial charge in [-0.1, -0.05) is 0 Å². The molecule has 2 saturated carbocycles. The molecule has 0 amide bonds. The first-order valence-electron chi connectivity index (χ1n) is 7.34. The molecule has 23 heavy (non-hydrogen) atoms. The van der Waals surface area contributed by atoms with Crippen LogP contribution >= 0.6 is 0 Å². The molecular formula is C13H16F2O7S. The summed E-state index contributed by atoms with van der Waals surface area (Å²) in [5, 5.41) is -4.27. The van der Waals surface area contributed by atoms with E-state index in [4.69, 9.17) is 14.0 Å². The average Bonchev–Trinajstić information content (AvgIpc) is 3.03. The minimum Gasteiger partial charge on any atom is -0.465 e. The van der Waals surface area contributed by atoms with Crippen molar-refractivity contribution in [1.82, 2.24) is 0 Å². The zero-order valence-electron chi connectivity index (χ0n) is 12.0. The van der Waals surface area contributed by atoms with Gasteiger partial charge < -0.3 is 9.47 Å². The second-order valence-electron chi connectivity index (χ2n) is 6.31. The van der Waals surface area contributed by atoms with Crippen LogP contribution in [-0.2, 0) is 29.2 Å². The van der Waals surface area contributed by atoms with E-state index in [2.05, 4.69) is 0 Å². The van der Waals surface area contributed by atoms with Crippen LogP contribution in [0.3, 0.4) is 0 Å². The summed E-state index contributed by atoms with van der Waals surface area (Å²) in [5.41, 5.74) is 0. The van der Waals surface area contributed by atoms with Crippen LogP contribution in [-0.4, -0.2) is 42.9 Å². The lowest BCUT2D eigenvalue weighted by Gasteiger charge is -2.22. The number of ether oxygens (including phenoxy) is 2. The Morgan fingerprint density at radius 3 is 2.74 bits per heavy atom. The molecule has 3 aliphatic rings. The Labute approximate surface area is 131 Å². The van der Waals surface area contributed by atoms with Gasteiger partial charge in [-0.05, 0) is 25.2 Å². The molecule has 0 spiro atoms. The molecule has 1 heterocycles. The zero-order valence-corrected chi connectivity index (χ0v) is 12.8. The predicted octanol–water partition coefficient (Wildman–Crippen LogP) is 0.988. The summed E-state index contributed by atoms with van der Waals surface area (Å²) in [6, 6.07) is 0. The number of alkyl halides is 2. The predicted molar refractivity (Wildman–Crippen MR) is 69.8 cm³/mol. The molecule has 1 N–H and O–H groups in total. The Morgan fingerprint density at radius 1 is 1.39 bits per heavy atom. The van der Waals surface area contributed by atoms with E-state index in [1.54, 1.807) is 0 Å². The molecule has 5 atom stereocenters.